The van der Waals surface area contributed by atoms with Crippen LogP contribution in [-0.2, 0) is 0 Å². The number of unbranched alkanes of at least 4 members (excludes halogenated alkanes) is 2. The Hall–Kier alpha value is -3.68. The van der Waals surface area contributed by atoms with Crippen LogP contribution in [0.4, 0.5) is 5.69 Å². The van der Waals surface area contributed by atoms with Crippen molar-refractivity contribution in [3.63, 3.8) is 0 Å². The average Bonchev–Trinajstić information content (AvgIpc) is 3.33. The Kier molecular flexibility index (Phi) is 5.70. The minimum absolute atomic E-state index is 0.0217. The molecule has 1 unspecified atom stereocenters. The Labute approximate surface area is 180 Å². The monoisotopic (exact) mass is 420 g/mol. The van der Waals surface area contributed by atoms with Crippen molar-refractivity contribution in [3.05, 3.63) is 75.5 Å². The van der Waals surface area contributed by atoms with Crippen LogP contribution in [0, 0.1) is 10.1 Å². The minimum Gasteiger partial charge on any atom is -0.497 e. The Morgan fingerprint density at radius 1 is 1.13 bits per heavy atom. The number of nitrogens with zero attached hydrogens (tertiary/aromatic N) is 3. The van der Waals surface area contributed by atoms with Crippen LogP contribution >= 0.6 is 0 Å². The molecule has 0 bridgehead atoms. The number of carbonyl (C=O) groups is 1. The normalized spacial score (nSPS) is 15.2. The molecule has 160 valence electrons. The van der Waals surface area contributed by atoms with Crippen molar-refractivity contribution in [2.75, 3.05) is 13.7 Å². The molecule has 1 amide bonds. The summed E-state index contributed by atoms with van der Waals surface area (Å²) in [6, 6.07) is 13.6. The summed E-state index contributed by atoms with van der Waals surface area (Å²) in [7, 11) is 1.61. The molecule has 0 saturated heterocycles. The number of ether oxygens (including phenoxy) is 1. The highest BCUT2D eigenvalue weighted by Crippen LogP contribution is 2.43. The van der Waals surface area contributed by atoms with Crippen LogP contribution in [0.5, 0.6) is 5.75 Å². The molecule has 2 heterocycles. The van der Waals surface area contributed by atoms with Gasteiger partial charge in [0, 0.05) is 29.8 Å². The molecule has 0 spiro atoms. The van der Waals surface area contributed by atoms with Crippen molar-refractivity contribution < 1.29 is 14.5 Å². The Morgan fingerprint density at radius 2 is 1.84 bits per heavy atom. The van der Waals surface area contributed by atoms with Gasteiger partial charge in [0.1, 0.15) is 11.4 Å². The lowest BCUT2D eigenvalue weighted by Gasteiger charge is -2.26. The second kappa shape index (κ2) is 8.59. The number of amides is 1. The summed E-state index contributed by atoms with van der Waals surface area (Å²) in [5.74, 6) is 0.641. The van der Waals surface area contributed by atoms with Gasteiger partial charge in [-0.25, -0.2) is 0 Å². The summed E-state index contributed by atoms with van der Waals surface area (Å²) in [6.45, 7) is 2.73. The van der Waals surface area contributed by atoms with E-state index in [1.54, 1.807) is 19.2 Å². The van der Waals surface area contributed by atoms with Crippen molar-refractivity contribution in [1.29, 1.82) is 0 Å². The van der Waals surface area contributed by atoms with Crippen LogP contribution in [0.3, 0.4) is 0 Å². The highest BCUT2D eigenvalue weighted by Gasteiger charge is 2.41. The van der Waals surface area contributed by atoms with Crippen LogP contribution in [0.1, 0.15) is 53.8 Å². The Balaban J connectivity index is 1.78. The molecular formula is C23H24N4O4. The van der Waals surface area contributed by atoms with Crippen LogP contribution < -0.4 is 4.74 Å². The first kappa shape index (κ1) is 20.6. The van der Waals surface area contributed by atoms with Crippen molar-refractivity contribution >= 4 is 11.6 Å². The first-order chi connectivity index (χ1) is 15.0. The van der Waals surface area contributed by atoms with Gasteiger partial charge in [0.25, 0.3) is 11.6 Å². The molecule has 1 aromatic heterocycles. The van der Waals surface area contributed by atoms with Crippen LogP contribution in [-0.4, -0.2) is 39.6 Å². The number of hydrogen-bond acceptors (Lipinski definition) is 5. The lowest BCUT2D eigenvalue weighted by Crippen LogP contribution is -2.30. The molecule has 0 aliphatic carbocycles. The number of benzene rings is 2. The third-order valence-corrected chi connectivity index (χ3v) is 5.65. The zero-order chi connectivity index (χ0) is 22.0. The topological polar surface area (TPSA) is 101 Å². The molecule has 0 saturated carbocycles. The van der Waals surface area contributed by atoms with E-state index >= 15 is 0 Å². The van der Waals surface area contributed by atoms with Gasteiger partial charge in [0.15, 0.2) is 0 Å². The van der Waals surface area contributed by atoms with E-state index in [4.69, 9.17) is 4.74 Å². The van der Waals surface area contributed by atoms with Crippen molar-refractivity contribution in [2.24, 2.45) is 0 Å². The predicted octanol–water partition coefficient (Wildman–Crippen LogP) is 4.73. The maximum Gasteiger partial charge on any atom is 0.273 e. The maximum atomic E-state index is 13.2. The number of H-pyrrole nitrogens is 1. The first-order valence-electron chi connectivity index (χ1n) is 10.3. The fourth-order valence-corrected chi connectivity index (χ4v) is 4.05. The number of nitrogens with one attached hydrogen (secondary N) is 1. The molecule has 0 fully saturated rings. The van der Waals surface area contributed by atoms with E-state index in [0.29, 0.717) is 17.9 Å². The lowest BCUT2D eigenvalue weighted by molar-refractivity contribution is -0.384. The molecule has 8 heteroatoms. The number of nitro groups is 1. The van der Waals surface area contributed by atoms with Gasteiger partial charge >= 0.3 is 0 Å². The van der Waals surface area contributed by atoms with Gasteiger partial charge in [0.05, 0.1) is 23.8 Å². The number of aromatic amines is 1. The van der Waals surface area contributed by atoms with E-state index in [-0.39, 0.29) is 17.6 Å². The fourth-order valence-electron chi connectivity index (χ4n) is 4.05. The number of fused-ring (bicyclic) bond motifs is 1. The Morgan fingerprint density at radius 3 is 2.45 bits per heavy atom. The summed E-state index contributed by atoms with van der Waals surface area (Å²) < 4.78 is 5.24. The predicted molar refractivity (Wildman–Crippen MR) is 116 cm³/mol. The molecule has 8 nitrogen and oxygen atoms in total. The number of methoxy groups -OCH3 is 1. The molecule has 0 radical (unpaired) electrons. The van der Waals surface area contributed by atoms with Gasteiger partial charge in [-0.05, 0) is 48.4 Å². The Bertz CT molecular complexity index is 1090. The minimum atomic E-state index is -0.422. The van der Waals surface area contributed by atoms with Crippen LogP contribution in [0.2, 0.25) is 0 Å². The number of hydrogen-bond donors (Lipinski definition) is 1. The van der Waals surface area contributed by atoms with Crippen LogP contribution in [0.15, 0.2) is 48.5 Å². The van der Waals surface area contributed by atoms with E-state index in [1.807, 2.05) is 29.2 Å². The third kappa shape index (κ3) is 3.76. The summed E-state index contributed by atoms with van der Waals surface area (Å²) in [4.78, 5) is 25.7. The van der Waals surface area contributed by atoms with E-state index in [2.05, 4.69) is 17.1 Å². The largest absolute Gasteiger partial charge is 0.497 e. The van der Waals surface area contributed by atoms with E-state index in [9.17, 15) is 14.9 Å². The second-order valence-corrected chi connectivity index (χ2v) is 7.55. The number of non-ortho nitro benzene ring substituents is 1. The van der Waals surface area contributed by atoms with E-state index in [0.717, 1.165) is 41.7 Å². The van der Waals surface area contributed by atoms with Crippen molar-refractivity contribution in [2.45, 2.75) is 32.2 Å². The van der Waals surface area contributed by atoms with Crippen molar-refractivity contribution in [3.8, 4) is 17.0 Å². The van der Waals surface area contributed by atoms with Crippen LogP contribution in [0.25, 0.3) is 11.3 Å². The SMILES string of the molecule is CCCCCN1C(=O)c2[nH]nc(-c3ccc(OC)cc3)c2C1c1ccc([N+](=O)[O-])cc1. The van der Waals surface area contributed by atoms with E-state index < -0.39 is 4.92 Å². The molecule has 31 heavy (non-hydrogen) atoms. The molecule has 1 aliphatic rings. The highest BCUT2D eigenvalue weighted by atomic mass is 16.6. The highest BCUT2D eigenvalue weighted by molar-refractivity contribution is 6.00. The number of aromatic nitrogens is 2. The summed E-state index contributed by atoms with van der Waals surface area (Å²) in [6.07, 6.45) is 2.96. The number of nitro benzene ring substituents is 1. The second-order valence-electron chi connectivity index (χ2n) is 7.55. The molecule has 1 atom stereocenters. The first-order valence-corrected chi connectivity index (χ1v) is 10.3. The molecule has 3 aromatic rings. The lowest BCUT2D eigenvalue weighted by atomic mass is 9.95. The van der Waals surface area contributed by atoms with Crippen molar-refractivity contribution in [1.82, 2.24) is 15.1 Å². The standard InChI is InChI=1S/C23H24N4O4/c1-3-4-5-14-26-22(16-6-10-17(11-7-16)27(29)30)19-20(24-25-21(19)23(26)28)15-8-12-18(31-2)13-9-15/h6-13,22H,3-5,14H2,1-2H3,(H,24,25). The molecule has 2 aromatic carbocycles. The number of carbonyl (C=O) groups excluding carboxylic acids is 1. The van der Waals surface area contributed by atoms with Gasteiger partial charge in [-0.1, -0.05) is 19.8 Å². The molecule has 1 N–H and O–H groups in total. The molecular weight excluding hydrogens is 396 g/mol. The van der Waals surface area contributed by atoms with Gasteiger partial charge in [-0.15, -0.1) is 0 Å². The summed E-state index contributed by atoms with van der Waals surface area (Å²) in [5, 5.41) is 18.5. The summed E-state index contributed by atoms with van der Waals surface area (Å²) >= 11 is 0. The van der Waals surface area contributed by atoms with Gasteiger partial charge in [0.2, 0.25) is 0 Å². The zero-order valence-electron chi connectivity index (χ0n) is 17.5. The maximum absolute atomic E-state index is 13.2. The average molecular weight is 420 g/mol. The third-order valence-electron chi connectivity index (χ3n) is 5.65. The smallest absolute Gasteiger partial charge is 0.273 e. The van der Waals surface area contributed by atoms with Gasteiger partial charge in [-0.2, -0.15) is 5.10 Å². The number of rotatable bonds is 8. The van der Waals surface area contributed by atoms with E-state index in [1.165, 1.54) is 12.1 Å². The summed E-state index contributed by atoms with van der Waals surface area (Å²) in [5.41, 5.74) is 3.70. The quantitative estimate of drug-likeness (QED) is 0.322. The zero-order valence-corrected chi connectivity index (χ0v) is 17.5. The fraction of sp³-hybridized carbons (Fsp3) is 0.304. The van der Waals surface area contributed by atoms with Gasteiger partial charge in [-0.3, -0.25) is 20.0 Å². The van der Waals surface area contributed by atoms with Gasteiger partial charge < -0.3 is 9.64 Å². The molecule has 1 aliphatic heterocycles. The molecule has 4 rings (SSSR count).